The first kappa shape index (κ1) is 18.3. The van der Waals surface area contributed by atoms with Gasteiger partial charge in [0.1, 0.15) is 11.9 Å². The van der Waals surface area contributed by atoms with Crippen molar-refractivity contribution in [2.24, 2.45) is 5.41 Å². The number of hydrogen-bond donors (Lipinski definition) is 1. The van der Waals surface area contributed by atoms with Crippen LogP contribution < -0.4 is 0 Å². The van der Waals surface area contributed by atoms with Crippen molar-refractivity contribution in [3.8, 4) is 5.75 Å². The molecular weight excluding hydrogens is 310 g/mol. The number of benzene rings is 1. The number of nitrogens with zero attached hydrogens (tertiary/aromatic N) is 1. The highest BCUT2D eigenvalue weighted by Gasteiger charge is 2.56. The molecule has 1 heterocycles. The lowest BCUT2D eigenvalue weighted by atomic mass is 9.51. The lowest BCUT2D eigenvalue weighted by Gasteiger charge is -2.61. The molecule has 1 unspecified atom stereocenters. The highest BCUT2D eigenvalue weighted by atomic mass is 16.5. The van der Waals surface area contributed by atoms with Crippen molar-refractivity contribution in [3.63, 3.8) is 0 Å². The highest BCUT2D eigenvalue weighted by molar-refractivity contribution is 5.48. The molecule has 2 bridgehead atoms. The van der Waals surface area contributed by atoms with Gasteiger partial charge in [-0.05, 0) is 68.3 Å². The molecule has 1 aromatic carbocycles. The number of piperidine rings is 1. The van der Waals surface area contributed by atoms with Crippen LogP contribution in [-0.4, -0.2) is 35.2 Å². The second-order valence-electron chi connectivity index (χ2n) is 8.96. The molecule has 1 aliphatic carbocycles. The van der Waals surface area contributed by atoms with Gasteiger partial charge in [0, 0.05) is 18.0 Å². The van der Waals surface area contributed by atoms with E-state index in [-0.39, 0.29) is 16.9 Å². The van der Waals surface area contributed by atoms with Crippen LogP contribution in [0.1, 0.15) is 59.1 Å². The number of fused-ring (bicyclic) bond motifs is 4. The van der Waals surface area contributed by atoms with E-state index < -0.39 is 0 Å². The summed E-state index contributed by atoms with van der Waals surface area (Å²) >= 11 is 0. The van der Waals surface area contributed by atoms with Crippen molar-refractivity contribution in [1.29, 1.82) is 0 Å². The Morgan fingerprint density at radius 2 is 2.08 bits per heavy atom. The van der Waals surface area contributed by atoms with E-state index in [9.17, 15) is 5.11 Å². The molecule has 0 saturated carbocycles. The van der Waals surface area contributed by atoms with Crippen molar-refractivity contribution in [2.45, 2.75) is 71.9 Å². The molecule has 25 heavy (non-hydrogen) atoms. The number of phenolic OH excluding ortho intramolecular Hbond substituents is 1. The van der Waals surface area contributed by atoms with Gasteiger partial charge < -0.3 is 9.84 Å². The minimum absolute atomic E-state index is 0.102. The normalized spacial score (nSPS) is 28.8. The van der Waals surface area contributed by atoms with Gasteiger partial charge in [-0.25, -0.2) is 0 Å². The lowest BCUT2D eigenvalue weighted by Crippen LogP contribution is -2.64. The predicted molar refractivity (Wildman–Crippen MR) is 103 cm³/mol. The van der Waals surface area contributed by atoms with Crippen LogP contribution in [0, 0.1) is 5.41 Å². The first-order valence-corrected chi connectivity index (χ1v) is 9.51. The summed E-state index contributed by atoms with van der Waals surface area (Å²) in [7, 11) is 0. The smallest absolute Gasteiger partial charge is 0.119 e. The minimum atomic E-state index is 0.102. The number of likely N-dealkylation sites (tertiary alicyclic amines) is 1. The SMILES string of the molecule is CC(C)=CO[C@@H](C)CN1CCC2(C)c3cccc(O)c3C[C@@H]1C2(C)C. The summed E-state index contributed by atoms with van der Waals surface area (Å²) in [6.45, 7) is 15.5. The van der Waals surface area contributed by atoms with E-state index in [1.54, 1.807) is 0 Å². The summed E-state index contributed by atoms with van der Waals surface area (Å²) in [6, 6.07) is 6.48. The van der Waals surface area contributed by atoms with E-state index in [1.807, 2.05) is 18.4 Å². The maximum atomic E-state index is 10.5. The van der Waals surface area contributed by atoms with Crippen LogP contribution in [0.3, 0.4) is 0 Å². The Bertz CT molecular complexity index is 675. The summed E-state index contributed by atoms with van der Waals surface area (Å²) in [5, 5.41) is 10.5. The van der Waals surface area contributed by atoms with Gasteiger partial charge in [-0.3, -0.25) is 4.90 Å². The Hall–Kier alpha value is -1.48. The van der Waals surface area contributed by atoms with E-state index >= 15 is 0 Å². The van der Waals surface area contributed by atoms with Crippen molar-refractivity contribution >= 4 is 0 Å². The van der Waals surface area contributed by atoms with E-state index in [0.29, 0.717) is 11.8 Å². The largest absolute Gasteiger partial charge is 0.508 e. The average Bonchev–Trinajstić information content (AvgIpc) is 2.52. The van der Waals surface area contributed by atoms with Gasteiger partial charge in [-0.1, -0.05) is 32.9 Å². The van der Waals surface area contributed by atoms with Crippen molar-refractivity contribution in [1.82, 2.24) is 4.90 Å². The Labute approximate surface area is 152 Å². The fourth-order valence-corrected chi connectivity index (χ4v) is 4.88. The summed E-state index contributed by atoms with van der Waals surface area (Å²) < 4.78 is 5.88. The molecule has 1 aromatic rings. The van der Waals surface area contributed by atoms with E-state index in [4.69, 9.17) is 4.74 Å². The summed E-state index contributed by atoms with van der Waals surface area (Å²) in [6.07, 6.45) is 4.06. The van der Waals surface area contributed by atoms with E-state index in [2.05, 4.69) is 52.5 Å². The second-order valence-corrected chi connectivity index (χ2v) is 8.96. The van der Waals surface area contributed by atoms with Crippen molar-refractivity contribution in [3.05, 3.63) is 41.2 Å². The van der Waals surface area contributed by atoms with Gasteiger partial charge in [-0.2, -0.15) is 0 Å². The van der Waals surface area contributed by atoms with Crippen LogP contribution in [0.25, 0.3) is 0 Å². The number of rotatable bonds is 4. The molecule has 0 radical (unpaired) electrons. The minimum Gasteiger partial charge on any atom is -0.508 e. The number of ether oxygens (including phenoxy) is 1. The monoisotopic (exact) mass is 343 g/mol. The molecule has 3 heteroatoms. The molecule has 3 rings (SSSR count). The molecule has 1 saturated heterocycles. The highest BCUT2D eigenvalue weighted by Crippen LogP contribution is 2.57. The Morgan fingerprint density at radius 3 is 2.76 bits per heavy atom. The molecule has 0 aromatic heterocycles. The van der Waals surface area contributed by atoms with Gasteiger partial charge in [-0.15, -0.1) is 0 Å². The molecule has 138 valence electrons. The zero-order chi connectivity index (χ0) is 18.4. The number of phenols is 1. The van der Waals surface area contributed by atoms with Gasteiger partial charge in [0.15, 0.2) is 0 Å². The number of aromatic hydroxyl groups is 1. The van der Waals surface area contributed by atoms with E-state index in [0.717, 1.165) is 31.5 Å². The van der Waals surface area contributed by atoms with Crippen LogP contribution >= 0.6 is 0 Å². The molecule has 2 aliphatic rings. The third-order valence-electron chi connectivity index (χ3n) is 6.77. The lowest BCUT2D eigenvalue weighted by molar-refractivity contribution is -0.0538. The Kier molecular flexibility index (Phi) is 4.65. The first-order valence-electron chi connectivity index (χ1n) is 9.51. The van der Waals surface area contributed by atoms with Gasteiger partial charge >= 0.3 is 0 Å². The van der Waals surface area contributed by atoms with Gasteiger partial charge in [0.2, 0.25) is 0 Å². The first-order chi connectivity index (χ1) is 11.7. The quantitative estimate of drug-likeness (QED) is 0.809. The molecule has 0 amide bonds. The molecule has 1 N–H and O–H groups in total. The van der Waals surface area contributed by atoms with Crippen LogP contribution in [-0.2, 0) is 16.6 Å². The van der Waals surface area contributed by atoms with Crippen molar-refractivity contribution in [2.75, 3.05) is 13.1 Å². The molecule has 0 spiro atoms. The maximum Gasteiger partial charge on any atom is 0.119 e. The van der Waals surface area contributed by atoms with Crippen LogP contribution in [0.4, 0.5) is 0 Å². The Morgan fingerprint density at radius 1 is 1.36 bits per heavy atom. The molecule has 3 nitrogen and oxygen atoms in total. The average molecular weight is 344 g/mol. The topological polar surface area (TPSA) is 32.7 Å². The molecular formula is C22H33NO2. The number of allylic oxidation sites excluding steroid dienone is 1. The van der Waals surface area contributed by atoms with E-state index in [1.165, 1.54) is 11.1 Å². The molecule has 1 fully saturated rings. The fourth-order valence-electron chi connectivity index (χ4n) is 4.88. The van der Waals surface area contributed by atoms with Crippen LogP contribution in [0.2, 0.25) is 0 Å². The van der Waals surface area contributed by atoms with Crippen molar-refractivity contribution < 1.29 is 9.84 Å². The maximum absolute atomic E-state index is 10.5. The predicted octanol–water partition coefficient (Wildman–Crippen LogP) is 4.64. The van der Waals surface area contributed by atoms with Crippen LogP contribution in [0.15, 0.2) is 30.0 Å². The van der Waals surface area contributed by atoms with Gasteiger partial charge in [0.05, 0.1) is 6.26 Å². The summed E-state index contributed by atoms with van der Waals surface area (Å²) in [4.78, 5) is 2.58. The second kappa shape index (κ2) is 6.35. The Balaban J connectivity index is 1.89. The molecule has 3 atom stereocenters. The standard InChI is InChI=1S/C22H33NO2/c1-15(2)14-25-16(3)13-23-11-10-22(6)18-8-7-9-19(24)17(18)12-20(23)21(22,4)5/h7-9,14,16,20,24H,10-13H2,1-6H3/t16-,20+,22?/m0/s1. The summed E-state index contributed by atoms with van der Waals surface area (Å²) in [5.41, 5.74) is 3.95. The number of hydrogen-bond acceptors (Lipinski definition) is 3. The zero-order valence-electron chi connectivity index (χ0n) is 16.6. The fraction of sp³-hybridized carbons (Fsp3) is 0.636. The third-order valence-corrected chi connectivity index (χ3v) is 6.77. The van der Waals surface area contributed by atoms with Gasteiger partial charge in [0.25, 0.3) is 0 Å². The van der Waals surface area contributed by atoms with Crippen LogP contribution in [0.5, 0.6) is 5.75 Å². The third kappa shape index (κ3) is 2.97. The molecule has 1 aliphatic heterocycles. The zero-order valence-corrected chi connectivity index (χ0v) is 16.6. The summed E-state index contributed by atoms with van der Waals surface area (Å²) in [5.74, 6) is 0.458.